The highest BCUT2D eigenvalue weighted by Gasteiger charge is 2.10. The molecule has 0 aliphatic carbocycles. The lowest BCUT2D eigenvalue weighted by Crippen LogP contribution is -2.20. The van der Waals surface area contributed by atoms with Crippen molar-refractivity contribution in [2.45, 2.75) is 13.8 Å². The van der Waals surface area contributed by atoms with Crippen molar-refractivity contribution in [3.05, 3.63) is 94.8 Å². The van der Waals surface area contributed by atoms with Crippen LogP contribution in [0.5, 0.6) is 5.75 Å². The maximum atomic E-state index is 13.0. The third-order valence-electron chi connectivity index (χ3n) is 4.80. The summed E-state index contributed by atoms with van der Waals surface area (Å²) in [4.78, 5) is 24.6. The van der Waals surface area contributed by atoms with Crippen LogP contribution in [0.25, 0.3) is 6.08 Å². The molecular weight excluding hydrogens is 421 g/mol. The molecule has 0 unspecified atom stereocenters. The maximum Gasteiger partial charge on any atom is 0.266 e. The molecule has 3 aromatic carbocycles. The van der Waals surface area contributed by atoms with Gasteiger partial charge in [-0.3, -0.25) is 9.59 Å². The van der Waals surface area contributed by atoms with Gasteiger partial charge in [0.2, 0.25) is 0 Å². The summed E-state index contributed by atoms with van der Waals surface area (Å²) in [5, 5.41) is 14.7. The smallest absolute Gasteiger partial charge is 0.266 e. The van der Waals surface area contributed by atoms with Gasteiger partial charge in [-0.2, -0.15) is 5.26 Å². The topological polar surface area (TPSA) is 91.2 Å². The Labute approximate surface area is 191 Å². The summed E-state index contributed by atoms with van der Waals surface area (Å²) in [6.07, 6.45) is 1.40. The van der Waals surface area contributed by atoms with E-state index in [-0.39, 0.29) is 18.1 Å². The number of nitrogens with one attached hydrogen (secondary N) is 2. The van der Waals surface area contributed by atoms with Crippen LogP contribution in [0.15, 0.2) is 72.3 Å². The molecular formula is C26H22FN3O3. The van der Waals surface area contributed by atoms with Gasteiger partial charge >= 0.3 is 0 Å². The number of benzene rings is 3. The van der Waals surface area contributed by atoms with Crippen LogP contribution < -0.4 is 15.4 Å². The first-order chi connectivity index (χ1) is 15.8. The number of rotatable bonds is 7. The average molecular weight is 443 g/mol. The molecule has 0 aromatic heterocycles. The van der Waals surface area contributed by atoms with E-state index in [0.29, 0.717) is 22.7 Å². The van der Waals surface area contributed by atoms with Gasteiger partial charge in [0.1, 0.15) is 23.2 Å². The quantitative estimate of drug-likeness (QED) is 0.397. The minimum Gasteiger partial charge on any atom is -0.484 e. The molecule has 33 heavy (non-hydrogen) atoms. The molecule has 0 fully saturated rings. The minimum absolute atomic E-state index is 0.135. The van der Waals surface area contributed by atoms with Gasteiger partial charge in [0.05, 0.1) is 0 Å². The highest BCUT2D eigenvalue weighted by Crippen LogP contribution is 2.18. The molecule has 0 saturated heterocycles. The molecule has 0 aliphatic heterocycles. The second-order valence-electron chi connectivity index (χ2n) is 7.34. The highest BCUT2D eigenvalue weighted by molar-refractivity contribution is 6.09. The SMILES string of the molecule is Cc1ccc(NC(=O)COc2cccc(/C=C(\C#N)C(=O)Nc3ccc(F)cc3)c2)cc1C. The third-order valence-corrected chi connectivity index (χ3v) is 4.80. The number of halogens is 1. The van der Waals surface area contributed by atoms with Crippen LogP contribution in [-0.4, -0.2) is 18.4 Å². The number of hydrogen-bond acceptors (Lipinski definition) is 4. The van der Waals surface area contributed by atoms with Gasteiger partial charge in [0.25, 0.3) is 11.8 Å². The minimum atomic E-state index is -0.622. The fourth-order valence-corrected chi connectivity index (χ4v) is 2.91. The van der Waals surface area contributed by atoms with Gasteiger partial charge in [-0.05, 0) is 85.1 Å². The van der Waals surface area contributed by atoms with Crippen molar-refractivity contribution < 1.29 is 18.7 Å². The number of carbonyl (C=O) groups is 2. The number of anilines is 2. The molecule has 0 spiro atoms. The van der Waals surface area contributed by atoms with Gasteiger partial charge < -0.3 is 15.4 Å². The van der Waals surface area contributed by atoms with Crippen LogP contribution in [-0.2, 0) is 9.59 Å². The van der Waals surface area contributed by atoms with Crippen LogP contribution in [0, 0.1) is 31.0 Å². The largest absolute Gasteiger partial charge is 0.484 e. The Morgan fingerprint density at radius 1 is 0.970 bits per heavy atom. The van der Waals surface area contributed by atoms with E-state index < -0.39 is 11.7 Å². The lowest BCUT2D eigenvalue weighted by Gasteiger charge is -2.09. The van der Waals surface area contributed by atoms with Crippen LogP contribution in [0.1, 0.15) is 16.7 Å². The van der Waals surface area contributed by atoms with E-state index in [1.54, 1.807) is 24.3 Å². The summed E-state index contributed by atoms with van der Waals surface area (Å²) in [7, 11) is 0. The summed E-state index contributed by atoms with van der Waals surface area (Å²) < 4.78 is 18.6. The molecule has 3 aromatic rings. The molecule has 3 rings (SSSR count). The Hall–Kier alpha value is -4.44. The second kappa shape index (κ2) is 10.7. The standard InChI is InChI=1S/C26H22FN3O3/c1-17-6-9-23(12-18(17)2)29-25(31)16-33-24-5-3-4-19(14-24)13-20(15-28)26(32)30-22-10-7-21(27)8-11-22/h3-14H,16H2,1-2H3,(H,29,31)(H,30,32)/b20-13+. The number of nitriles is 1. The van der Waals surface area contributed by atoms with Crippen molar-refractivity contribution in [3.8, 4) is 11.8 Å². The van der Waals surface area contributed by atoms with E-state index in [1.807, 2.05) is 38.1 Å². The summed E-state index contributed by atoms with van der Waals surface area (Å²) >= 11 is 0. The molecule has 0 saturated carbocycles. The van der Waals surface area contributed by atoms with E-state index in [0.717, 1.165) is 11.1 Å². The van der Waals surface area contributed by atoms with Crippen molar-refractivity contribution in [2.24, 2.45) is 0 Å². The van der Waals surface area contributed by atoms with Crippen molar-refractivity contribution in [1.82, 2.24) is 0 Å². The fraction of sp³-hybridized carbons (Fsp3) is 0.115. The summed E-state index contributed by atoms with van der Waals surface area (Å²) in [6.45, 7) is 3.77. The van der Waals surface area contributed by atoms with Crippen LogP contribution >= 0.6 is 0 Å². The van der Waals surface area contributed by atoms with E-state index in [1.165, 1.54) is 30.3 Å². The van der Waals surface area contributed by atoms with E-state index >= 15 is 0 Å². The van der Waals surface area contributed by atoms with E-state index in [9.17, 15) is 19.2 Å². The number of amides is 2. The second-order valence-corrected chi connectivity index (χ2v) is 7.34. The van der Waals surface area contributed by atoms with Crippen molar-refractivity contribution in [1.29, 1.82) is 5.26 Å². The summed E-state index contributed by atoms with van der Waals surface area (Å²) in [5.74, 6) is -0.947. The van der Waals surface area contributed by atoms with Crippen molar-refractivity contribution in [2.75, 3.05) is 17.2 Å². The van der Waals surface area contributed by atoms with E-state index in [4.69, 9.17) is 4.74 Å². The number of hydrogen-bond donors (Lipinski definition) is 2. The third kappa shape index (κ3) is 6.77. The Morgan fingerprint density at radius 3 is 2.39 bits per heavy atom. The van der Waals surface area contributed by atoms with Gasteiger partial charge in [-0.1, -0.05) is 18.2 Å². The number of nitrogens with zero attached hydrogens (tertiary/aromatic N) is 1. The normalized spacial score (nSPS) is 10.8. The zero-order chi connectivity index (χ0) is 23.8. The average Bonchev–Trinajstić information content (AvgIpc) is 2.80. The fourth-order valence-electron chi connectivity index (χ4n) is 2.91. The molecule has 166 valence electrons. The molecule has 0 bridgehead atoms. The monoisotopic (exact) mass is 443 g/mol. The van der Waals surface area contributed by atoms with Gasteiger partial charge in [0.15, 0.2) is 6.61 Å². The molecule has 7 heteroatoms. The first-order valence-electron chi connectivity index (χ1n) is 10.1. The molecule has 2 amide bonds. The lowest BCUT2D eigenvalue weighted by atomic mass is 10.1. The van der Waals surface area contributed by atoms with Gasteiger partial charge in [-0.25, -0.2) is 4.39 Å². The number of carbonyl (C=O) groups excluding carboxylic acids is 2. The van der Waals surface area contributed by atoms with Crippen LogP contribution in [0.2, 0.25) is 0 Å². The molecule has 2 N–H and O–H groups in total. The first-order valence-corrected chi connectivity index (χ1v) is 10.1. The molecule has 0 radical (unpaired) electrons. The highest BCUT2D eigenvalue weighted by atomic mass is 19.1. The summed E-state index contributed by atoms with van der Waals surface area (Å²) in [6, 6.07) is 19.4. The number of ether oxygens (including phenoxy) is 1. The van der Waals surface area contributed by atoms with Gasteiger partial charge in [-0.15, -0.1) is 0 Å². The maximum absolute atomic E-state index is 13.0. The Bertz CT molecular complexity index is 1240. The number of aryl methyl sites for hydroxylation is 2. The predicted octanol–water partition coefficient (Wildman–Crippen LogP) is 5.01. The Kier molecular flexibility index (Phi) is 7.55. The lowest BCUT2D eigenvalue weighted by molar-refractivity contribution is -0.118. The van der Waals surface area contributed by atoms with Crippen LogP contribution in [0.4, 0.5) is 15.8 Å². The van der Waals surface area contributed by atoms with Crippen molar-refractivity contribution >= 4 is 29.3 Å². The molecule has 0 aliphatic rings. The molecule has 0 atom stereocenters. The Morgan fingerprint density at radius 2 is 1.70 bits per heavy atom. The first kappa shape index (κ1) is 23.2. The zero-order valence-corrected chi connectivity index (χ0v) is 18.2. The van der Waals surface area contributed by atoms with Crippen LogP contribution in [0.3, 0.4) is 0 Å². The van der Waals surface area contributed by atoms with E-state index in [2.05, 4.69) is 10.6 Å². The molecule has 0 heterocycles. The van der Waals surface area contributed by atoms with Gasteiger partial charge in [0, 0.05) is 11.4 Å². The zero-order valence-electron chi connectivity index (χ0n) is 18.2. The van der Waals surface area contributed by atoms with Crippen molar-refractivity contribution in [3.63, 3.8) is 0 Å². The Balaban J connectivity index is 1.62. The molecule has 6 nitrogen and oxygen atoms in total. The predicted molar refractivity (Wildman–Crippen MR) is 125 cm³/mol. The summed E-state index contributed by atoms with van der Waals surface area (Å²) in [5.41, 5.74) is 3.68.